The predicted octanol–water partition coefficient (Wildman–Crippen LogP) is 23.3. The van der Waals surface area contributed by atoms with E-state index in [1.165, 1.54) is 6.92 Å². The molecule has 0 radical (unpaired) electrons. The maximum atomic E-state index is 14.4. The molecule has 4 aliphatic rings. The normalized spacial score (nSPS) is 14.9. The molecule has 0 unspecified atom stereocenters. The highest BCUT2D eigenvalue weighted by molar-refractivity contribution is 5.87. The minimum atomic E-state index is -4.61. The van der Waals surface area contributed by atoms with Crippen molar-refractivity contribution in [1.29, 1.82) is 0 Å². The van der Waals surface area contributed by atoms with Crippen molar-refractivity contribution in [3.8, 4) is 0 Å². The molecule has 0 aliphatic heterocycles. The van der Waals surface area contributed by atoms with E-state index in [1.54, 1.807) is 90.0 Å². The predicted molar refractivity (Wildman–Crippen MR) is 505 cm³/mol. The molecular formula is C97H176F14O30. The zero-order valence-corrected chi connectivity index (χ0v) is 76.8. The van der Waals surface area contributed by atoms with Crippen LogP contribution in [0.3, 0.4) is 0 Å². The van der Waals surface area contributed by atoms with Crippen LogP contribution in [0.2, 0.25) is 0 Å². The van der Waals surface area contributed by atoms with Crippen molar-refractivity contribution in [3.05, 3.63) is 12.2 Å². The van der Waals surface area contributed by atoms with E-state index in [1.807, 2.05) is 34.6 Å². The first-order chi connectivity index (χ1) is 58.8. The summed E-state index contributed by atoms with van der Waals surface area (Å²) in [6.45, 7) is 30.7. The zero-order valence-electron chi connectivity index (χ0n) is 76.8. The van der Waals surface area contributed by atoms with Crippen LogP contribution in [0.5, 0.6) is 0 Å². The minimum Gasteiger partial charge on any atom is -0.462 e. The van der Waals surface area contributed by atoms with Crippen LogP contribution < -0.4 is 0 Å². The lowest BCUT2D eigenvalue weighted by Gasteiger charge is -2.55. The van der Waals surface area contributed by atoms with Gasteiger partial charge in [-0.3, -0.25) is 57.5 Å². The van der Waals surface area contributed by atoms with Crippen LogP contribution >= 0.6 is 0 Å². The standard InChI is InChI=1S/C23H32F4O6.C21H34F2O8.C19H28F2O8.2C11H17F3O4.12CH4/c1-4-20(2,3)17(28)31-5-6-32-18(29)22(24,25)13-23(26,27)19(30)33-21-10-14-7-15(11-21)9-16(8-14)12-21;1-7-19(3,4)17(26)30-11-9-28-15(24)13-21(22,23)14-16(25)29-10-12-31-18(27)20(5,6)8-2;1-6-18(4,5)17(25)29-10-8-27-15(23)12-19(20,21)11-14(22)26-7-9-28-16(24)13(2)3;2*1-4-10(2,3)9(16)18-6-5-17-8(15)7-11(12,13)14;;;;;;;;;;;;/h14-16H,4-13H2,1-3H3;7-14H2,1-6H3;2,6-12H2,1,3-5H3;2*4-7H2,1-3H3;12*1H4. The van der Waals surface area contributed by atoms with E-state index in [-0.39, 0.29) is 167 Å². The van der Waals surface area contributed by atoms with Gasteiger partial charge in [-0.1, -0.05) is 137 Å². The van der Waals surface area contributed by atoms with E-state index >= 15 is 0 Å². The molecule has 0 saturated heterocycles. The number of rotatable bonds is 49. The van der Waals surface area contributed by atoms with E-state index < -0.39 is 228 Å². The molecule has 0 atom stereocenters. The monoisotopic (exact) mass is 2090 g/mol. The molecule has 0 heterocycles. The fraction of sp³-hybridized carbons (Fsp3) is 0.825. The van der Waals surface area contributed by atoms with Gasteiger partial charge < -0.3 is 71.1 Å². The molecule has 4 aliphatic carbocycles. The molecule has 4 fully saturated rings. The van der Waals surface area contributed by atoms with Crippen molar-refractivity contribution in [1.82, 2.24) is 0 Å². The van der Waals surface area contributed by atoms with Gasteiger partial charge in [-0.2, -0.15) is 43.9 Å². The molecule has 0 aromatic carbocycles. The molecule has 141 heavy (non-hydrogen) atoms. The number of carbonyl (C=O) groups excluding carboxylic acids is 15. The van der Waals surface area contributed by atoms with Crippen LogP contribution in [0.15, 0.2) is 12.2 Å². The van der Waals surface area contributed by atoms with Crippen LogP contribution in [0.4, 0.5) is 61.5 Å². The number of esters is 15. The quantitative estimate of drug-likeness (QED) is 0.0179. The van der Waals surface area contributed by atoms with Crippen molar-refractivity contribution in [3.63, 3.8) is 0 Å². The molecule has 0 amide bonds. The van der Waals surface area contributed by atoms with E-state index in [4.69, 9.17) is 33.2 Å². The van der Waals surface area contributed by atoms with Gasteiger partial charge in [-0.05, 0) is 185 Å². The Hall–Kier alpha value is -9.19. The molecule has 0 spiro atoms. The lowest BCUT2D eigenvalue weighted by molar-refractivity contribution is -0.220. The van der Waals surface area contributed by atoms with Crippen molar-refractivity contribution >= 4 is 89.5 Å². The van der Waals surface area contributed by atoms with Gasteiger partial charge in [-0.25, -0.2) is 31.9 Å². The molecule has 44 heteroatoms. The largest absolute Gasteiger partial charge is 0.462 e. The molecular weight excluding hydrogens is 1910 g/mol. The highest BCUT2D eigenvalue weighted by Crippen LogP contribution is 2.58. The first kappa shape index (κ1) is 163. The molecule has 842 valence electrons. The summed E-state index contributed by atoms with van der Waals surface area (Å²) in [5.41, 5.74) is -5.06. The summed E-state index contributed by atoms with van der Waals surface area (Å²) >= 11 is 0. The van der Waals surface area contributed by atoms with Crippen LogP contribution in [0.1, 0.15) is 343 Å². The first-order valence-electron chi connectivity index (χ1n) is 41.7. The maximum absolute atomic E-state index is 14.4. The maximum Gasteiger partial charge on any atom is 0.399 e. The lowest BCUT2D eigenvalue weighted by Crippen LogP contribution is -2.55. The SMILES string of the molecule is C.C.C.C.C.C.C.C.C.C.C.C.C=C(C)C(=O)OCCOC(=O)CC(F)(F)CC(=O)OCCOC(=O)C(C)(C)CC.CCC(C)(C)C(=O)OCCOC(=O)C(F)(F)CC(F)(F)C(=O)OC12CC3CC(CC(C3)C1)C2.CCC(C)(C)C(=O)OCCOC(=O)CC(F)(F)CC(=O)OCCOC(=O)C(C)(C)CC.CCC(C)(C)C(=O)OCCOC(=O)CC(F)(F)F.CCC(C)(C)C(=O)OCCOC(=O)CC(F)(F)F. The summed E-state index contributed by atoms with van der Waals surface area (Å²) in [5, 5.41) is 0. The Balaban J connectivity index is -0.000000119. The molecule has 4 bridgehead atoms. The van der Waals surface area contributed by atoms with Crippen LogP contribution in [0, 0.1) is 50.2 Å². The van der Waals surface area contributed by atoms with E-state index in [0.717, 1.165) is 19.3 Å². The number of hydrogen-bond donors (Lipinski definition) is 0. The van der Waals surface area contributed by atoms with Crippen molar-refractivity contribution < 1.29 is 204 Å². The van der Waals surface area contributed by atoms with Gasteiger partial charge in [-0.15, -0.1) is 0 Å². The summed E-state index contributed by atoms with van der Waals surface area (Å²) < 4.78 is 253. The third kappa shape index (κ3) is 68.6. The molecule has 0 aromatic heterocycles. The Morgan fingerprint density at radius 1 is 0.255 bits per heavy atom. The van der Waals surface area contributed by atoms with Crippen LogP contribution in [-0.2, 0) is 143 Å². The van der Waals surface area contributed by atoms with Gasteiger partial charge in [0.15, 0.2) is 0 Å². The Labute approximate surface area is 830 Å². The number of hydrogen-bond acceptors (Lipinski definition) is 30. The van der Waals surface area contributed by atoms with Gasteiger partial charge in [0.25, 0.3) is 11.8 Å². The number of alkyl halides is 14. The third-order valence-electron chi connectivity index (χ3n) is 20.6. The summed E-state index contributed by atoms with van der Waals surface area (Å²) in [6.07, 6.45) is -12.4. The van der Waals surface area contributed by atoms with Gasteiger partial charge in [0, 0.05) is 5.57 Å². The third-order valence-corrected chi connectivity index (χ3v) is 20.6. The van der Waals surface area contributed by atoms with E-state index in [2.05, 4.69) is 44.5 Å². The highest BCUT2D eigenvalue weighted by atomic mass is 19.4. The topological polar surface area (TPSA) is 394 Å². The second-order valence-corrected chi connectivity index (χ2v) is 34.7. The fourth-order valence-electron chi connectivity index (χ4n) is 10.7. The van der Waals surface area contributed by atoms with Crippen LogP contribution in [0.25, 0.3) is 0 Å². The molecule has 4 saturated carbocycles. The molecule has 30 nitrogen and oxygen atoms in total. The second kappa shape index (κ2) is 73.0. The first-order valence-corrected chi connectivity index (χ1v) is 41.7. The lowest BCUT2D eigenvalue weighted by atomic mass is 9.54. The fourth-order valence-corrected chi connectivity index (χ4v) is 10.7. The van der Waals surface area contributed by atoms with Gasteiger partial charge >= 0.3 is 114 Å². The summed E-state index contributed by atoms with van der Waals surface area (Å²) in [5.74, 6) is -31.3. The van der Waals surface area contributed by atoms with Crippen molar-refractivity contribution in [2.75, 3.05) is 92.5 Å². The number of ether oxygens (including phenoxy) is 15. The summed E-state index contributed by atoms with van der Waals surface area (Å²) in [6, 6.07) is 0. The van der Waals surface area contributed by atoms with E-state index in [0.29, 0.717) is 75.5 Å². The zero-order chi connectivity index (χ0) is 100. The molecule has 0 N–H and O–H groups in total. The second-order valence-electron chi connectivity index (χ2n) is 34.7. The van der Waals surface area contributed by atoms with Crippen LogP contribution in [-0.4, -0.2) is 224 Å². The smallest absolute Gasteiger partial charge is 0.399 e. The van der Waals surface area contributed by atoms with E-state index in [9.17, 15) is 133 Å². The summed E-state index contributed by atoms with van der Waals surface area (Å²) in [4.78, 5) is 172. The molecule has 4 rings (SSSR count). The Bertz CT molecular complexity index is 3520. The Kier molecular flexibility index (Phi) is 84.1. The summed E-state index contributed by atoms with van der Waals surface area (Å²) in [7, 11) is 0. The minimum absolute atomic E-state index is 0. The van der Waals surface area contributed by atoms with Gasteiger partial charge in [0.2, 0.25) is 0 Å². The van der Waals surface area contributed by atoms with Gasteiger partial charge in [0.05, 0.1) is 38.9 Å². The Morgan fingerprint density at radius 3 is 0.596 bits per heavy atom. The average molecular weight is 2090 g/mol. The highest BCUT2D eigenvalue weighted by Gasteiger charge is 2.59. The van der Waals surface area contributed by atoms with Crippen molar-refractivity contribution in [2.45, 2.75) is 384 Å². The van der Waals surface area contributed by atoms with Crippen molar-refractivity contribution in [2.24, 2.45) is 50.2 Å². The van der Waals surface area contributed by atoms with Gasteiger partial charge in [0.1, 0.15) is 137 Å². The molecule has 0 aromatic rings. The number of carbonyl (C=O) groups is 15. The number of halogens is 14. The average Bonchev–Trinajstić information content (AvgIpc) is 0.743. The Morgan fingerprint density at radius 2 is 0.418 bits per heavy atom.